The van der Waals surface area contributed by atoms with Crippen molar-refractivity contribution in [3.63, 3.8) is 0 Å². The van der Waals surface area contributed by atoms with Crippen molar-refractivity contribution in [1.82, 2.24) is 5.32 Å². The molecule has 4 rings (SSSR count). The summed E-state index contributed by atoms with van der Waals surface area (Å²) in [6, 6.07) is 19.1. The van der Waals surface area contributed by atoms with E-state index in [-0.39, 0.29) is 5.91 Å². The van der Waals surface area contributed by atoms with Crippen LogP contribution in [0, 0.1) is 11.8 Å². The van der Waals surface area contributed by atoms with Gasteiger partial charge in [-0.05, 0) is 47.8 Å². The van der Waals surface area contributed by atoms with E-state index >= 15 is 0 Å². The topological polar surface area (TPSA) is 29.1 Å². The SMILES string of the molecule is O=C(Cc1ccc(-c2ccccc2)cc1)N[C@@H]1C[C@H]2CC[C@@H]1C2. The molecule has 2 nitrogen and oxygen atoms in total. The fourth-order valence-corrected chi connectivity index (χ4v) is 4.31. The van der Waals surface area contributed by atoms with Crippen LogP contribution in [0.15, 0.2) is 54.6 Å². The summed E-state index contributed by atoms with van der Waals surface area (Å²) in [5.74, 6) is 1.79. The third-order valence-electron chi connectivity index (χ3n) is 5.51. The van der Waals surface area contributed by atoms with Gasteiger partial charge in [-0.15, -0.1) is 0 Å². The van der Waals surface area contributed by atoms with Crippen LogP contribution in [0.1, 0.15) is 31.2 Å². The fourth-order valence-electron chi connectivity index (χ4n) is 4.31. The van der Waals surface area contributed by atoms with Gasteiger partial charge in [0.05, 0.1) is 6.42 Å². The molecule has 3 atom stereocenters. The standard InChI is InChI=1S/C21H23NO/c23-21(22-20-13-16-8-11-19(20)12-16)14-15-6-9-18(10-7-15)17-4-2-1-3-5-17/h1-7,9-10,16,19-20H,8,11-14H2,(H,22,23)/t16-,19+,20+/m0/s1. The van der Waals surface area contributed by atoms with Crippen LogP contribution in [0.2, 0.25) is 0 Å². The maximum absolute atomic E-state index is 12.3. The number of carbonyl (C=O) groups is 1. The van der Waals surface area contributed by atoms with Gasteiger partial charge in [-0.3, -0.25) is 4.79 Å². The first-order valence-corrected chi connectivity index (χ1v) is 8.71. The normalized spacial score (nSPS) is 25.5. The molecule has 0 radical (unpaired) electrons. The molecule has 2 fully saturated rings. The lowest BCUT2D eigenvalue weighted by Gasteiger charge is -2.22. The van der Waals surface area contributed by atoms with Gasteiger partial charge in [-0.25, -0.2) is 0 Å². The average molecular weight is 305 g/mol. The molecule has 2 aliphatic carbocycles. The minimum Gasteiger partial charge on any atom is -0.353 e. The van der Waals surface area contributed by atoms with Gasteiger partial charge in [-0.2, -0.15) is 0 Å². The predicted octanol–water partition coefficient (Wildman–Crippen LogP) is 4.20. The van der Waals surface area contributed by atoms with Crippen LogP contribution in [0.25, 0.3) is 11.1 Å². The van der Waals surface area contributed by atoms with E-state index in [4.69, 9.17) is 0 Å². The Morgan fingerprint density at radius 2 is 1.65 bits per heavy atom. The van der Waals surface area contributed by atoms with Crippen molar-refractivity contribution in [3.8, 4) is 11.1 Å². The van der Waals surface area contributed by atoms with Crippen molar-refractivity contribution in [3.05, 3.63) is 60.2 Å². The highest BCUT2D eigenvalue weighted by atomic mass is 16.1. The van der Waals surface area contributed by atoms with E-state index in [1.807, 2.05) is 18.2 Å². The number of hydrogen-bond donors (Lipinski definition) is 1. The van der Waals surface area contributed by atoms with Crippen LogP contribution in [-0.2, 0) is 11.2 Å². The van der Waals surface area contributed by atoms with Crippen LogP contribution in [0.3, 0.4) is 0 Å². The molecule has 2 aliphatic rings. The summed E-state index contributed by atoms with van der Waals surface area (Å²) in [5, 5.41) is 3.27. The highest BCUT2D eigenvalue weighted by Crippen LogP contribution is 2.44. The summed E-state index contributed by atoms with van der Waals surface area (Å²) < 4.78 is 0. The summed E-state index contributed by atoms with van der Waals surface area (Å²) in [6.45, 7) is 0. The second kappa shape index (κ2) is 6.19. The summed E-state index contributed by atoms with van der Waals surface area (Å²) in [5.41, 5.74) is 3.50. The molecule has 1 N–H and O–H groups in total. The lowest BCUT2D eigenvalue weighted by Crippen LogP contribution is -2.39. The summed E-state index contributed by atoms with van der Waals surface area (Å²) in [7, 11) is 0. The summed E-state index contributed by atoms with van der Waals surface area (Å²) in [4.78, 5) is 12.3. The van der Waals surface area contributed by atoms with Crippen LogP contribution < -0.4 is 5.32 Å². The van der Waals surface area contributed by atoms with Crippen molar-refractivity contribution in [2.75, 3.05) is 0 Å². The second-order valence-electron chi connectivity index (χ2n) is 7.09. The zero-order chi connectivity index (χ0) is 15.6. The van der Waals surface area contributed by atoms with Gasteiger partial charge < -0.3 is 5.32 Å². The number of carbonyl (C=O) groups excluding carboxylic acids is 1. The maximum atomic E-state index is 12.3. The third-order valence-corrected chi connectivity index (χ3v) is 5.51. The number of benzene rings is 2. The molecule has 1 amide bonds. The Bertz CT molecular complexity index is 677. The Kier molecular flexibility index (Phi) is 3.90. The van der Waals surface area contributed by atoms with Gasteiger partial charge in [-0.1, -0.05) is 61.0 Å². The first kappa shape index (κ1) is 14.5. The van der Waals surface area contributed by atoms with E-state index < -0.39 is 0 Å². The van der Waals surface area contributed by atoms with Crippen LogP contribution >= 0.6 is 0 Å². The molecule has 0 aliphatic heterocycles. The number of hydrogen-bond acceptors (Lipinski definition) is 1. The smallest absolute Gasteiger partial charge is 0.224 e. The number of nitrogens with one attached hydrogen (secondary N) is 1. The van der Waals surface area contributed by atoms with Gasteiger partial charge in [0.2, 0.25) is 5.91 Å². The van der Waals surface area contributed by atoms with E-state index in [0.29, 0.717) is 12.5 Å². The minimum absolute atomic E-state index is 0.176. The van der Waals surface area contributed by atoms with Crippen molar-refractivity contribution in [2.45, 2.75) is 38.1 Å². The average Bonchev–Trinajstić information content (AvgIpc) is 3.19. The molecule has 0 aromatic heterocycles. The van der Waals surface area contributed by atoms with Gasteiger partial charge in [0, 0.05) is 6.04 Å². The molecule has 2 saturated carbocycles. The first-order chi connectivity index (χ1) is 11.3. The van der Waals surface area contributed by atoms with Gasteiger partial charge in [0.25, 0.3) is 0 Å². The van der Waals surface area contributed by atoms with Gasteiger partial charge >= 0.3 is 0 Å². The van der Waals surface area contributed by atoms with E-state index in [9.17, 15) is 4.79 Å². The number of fused-ring (bicyclic) bond motifs is 2. The fraction of sp³-hybridized carbons (Fsp3) is 0.381. The largest absolute Gasteiger partial charge is 0.353 e. The number of amides is 1. The molecule has 118 valence electrons. The molecule has 23 heavy (non-hydrogen) atoms. The molecule has 2 aromatic carbocycles. The molecule has 0 unspecified atom stereocenters. The van der Waals surface area contributed by atoms with E-state index in [1.165, 1.54) is 36.8 Å². The summed E-state index contributed by atoms with van der Waals surface area (Å²) in [6.07, 6.45) is 5.70. The molecule has 0 spiro atoms. The van der Waals surface area contributed by atoms with Crippen LogP contribution in [-0.4, -0.2) is 11.9 Å². The Balaban J connectivity index is 1.36. The molecular formula is C21H23NO. The predicted molar refractivity (Wildman–Crippen MR) is 93.0 cm³/mol. The zero-order valence-corrected chi connectivity index (χ0v) is 13.4. The lowest BCUT2D eigenvalue weighted by molar-refractivity contribution is -0.121. The van der Waals surface area contributed by atoms with Crippen molar-refractivity contribution >= 4 is 5.91 Å². The van der Waals surface area contributed by atoms with Crippen molar-refractivity contribution < 1.29 is 4.79 Å². The Hall–Kier alpha value is -2.09. The van der Waals surface area contributed by atoms with Crippen molar-refractivity contribution in [1.29, 1.82) is 0 Å². The van der Waals surface area contributed by atoms with E-state index in [0.717, 1.165) is 17.4 Å². The van der Waals surface area contributed by atoms with Gasteiger partial charge in [0.1, 0.15) is 0 Å². The van der Waals surface area contributed by atoms with Crippen LogP contribution in [0.4, 0.5) is 0 Å². The molecule has 2 aromatic rings. The lowest BCUT2D eigenvalue weighted by atomic mass is 9.95. The molecule has 2 heteroatoms. The third kappa shape index (κ3) is 3.17. The minimum atomic E-state index is 0.176. The Morgan fingerprint density at radius 3 is 2.30 bits per heavy atom. The summed E-state index contributed by atoms with van der Waals surface area (Å²) >= 11 is 0. The van der Waals surface area contributed by atoms with E-state index in [2.05, 4.69) is 41.7 Å². The highest BCUT2D eigenvalue weighted by Gasteiger charge is 2.39. The molecule has 2 bridgehead atoms. The monoisotopic (exact) mass is 305 g/mol. The van der Waals surface area contributed by atoms with E-state index in [1.54, 1.807) is 0 Å². The maximum Gasteiger partial charge on any atom is 0.224 e. The highest BCUT2D eigenvalue weighted by molar-refractivity contribution is 5.79. The molecule has 0 saturated heterocycles. The zero-order valence-electron chi connectivity index (χ0n) is 13.4. The number of rotatable bonds is 4. The molecular weight excluding hydrogens is 282 g/mol. The Labute approximate surface area is 137 Å². The molecule has 0 heterocycles. The Morgan fingerprint density at radius 1 is 0.913 bits per heavy atom. The van der Waals surface area contributed by atoms with Crippen LogP contribution in [0.5, 0.6) is 0 Å². The second-order valence-corrected chi connectivity index (χ2v) is 7.09. The van der Waals surface area contributed by atoms with Gasteiger partial charge in [0.15, 0.2) is 0 Å². The first-order valence-electron chi connectivity index (χ1n) is 8.71. The van der Waals surface area contributed by atoms with Crippen molar-refractivity contribution in [2.24, 2.45) is 11.8 Å². The quantitative estimate of drug-likeness (QED) is 0.901.